The van der Waals surface area contributed by atoms with Crippen LogP contribution in [-0.2, 0) is 35.0 Å². The van der Waals surface area contributed by atoms with Crippen LogP contribution >= 0.6 is 0 Å². The lowest BCUT2D eigenvalue weighted by atomic mass is 10.1. The molecule has 0 aliphatic carbocycles. The van der Waals surface area contributed by atoms with E-state index in [0.29, 0.717) is 12.0 Å². The van der Waals surface area contributed by atoms with Crippen LogP contribution in [0.2, 0.25) is 0 Å². The highest BCUT2D eigenvalue weighted by Crippen LogP contribution is 2.30. The van der Waals surface area contributed by atoms with Crippen molar-refractivity contribution in [1.82, 2.24) is 0 Å². The summed E-state index contributed by atoms with van der Waals surface area (Å²) in [5, 5.41) is 0. The molecule has 0 bridgehead atoms. The maximum Gasteiger partial charge on any atom is 0.513 e. The van der Waals surface area contributed by atoms with Gasteiger partial charge in [-0.1, -0.05) is 13.0 Å². The molecule has 1 rings (SSSR count). The fourth-order valence-electron chi connectivity index (χ4n) is 2.59. The summed E-state index contributed by atoms with van der Waals surface area (Å²) in [6.07, 6.45) is -2.38. The molecule has 0 aromatic heterocycles. The van der Waals surface area contributed by atoms with Crippen LogP contribution in [0.5, 0.6) is 11.5 Å². The molecular formula is C23H33NO10. The maximum absolute atomic E-state index is 12.4. The standard InChI is InChI=1S/C23H33NO10/c1-6-9-20(25)31-14(4)15(5)32-21(26)17(24)12-16-10-11-18(33-22(27)29-7-2)19(13-16)34-23(28)30-8-3/h10-11,13-15,17H,6-9,12,24H2,1-5H3/t14-,15-,17-/m0/s1. The molecule has 190 valence electrons. The van der Waals surface area contributed by atoms with Gasteiger partial charge in [-0.25, -0.2) is 9.59 Å². The highest BCUT2D eigenvalue weighted by atomic mass is 16.7. The second kappa shape index (κ2) is 14.7. The van der Waals surface area contributed by atoms with Crippen LogP contribution in [0.1, 0.15) is 53.0 Å². The van der Waals surface area contributed by atoms with Crippen LogP contribution in [0, 0.1) is 0 Å². The first-order valence-corrected chi connectivity index (χ1v) is 11.1. The summed E-state index contributed by atoms with van der Waals surface area (Å²) >= 11 is 0. The quantitative estimate of drug-likeness (QED) is 0.265. The largest absolute Gasteiger partial charge is 0.513 e. The van der Waals surface area contributed by atoms with Gasteiger partial charge in [0.05, 0.1) is 13.2 Å². The average Bonchev–Trinajstić information content (AvgIpc) is 2.75. The van der Waals surface area contributed by atoms with E-state index in [0.717, 1.165) is 0 Å². The van der Waals surface area contributed by atoms with Crippen molar-refractivity contribution in [3.8, 4) is 11.5 Å². The van der Waals surface area contributed by atoms with E-state index in [4.69, 9.17) is 34.2 Å². The zero-order chi connectivity index (χ0) is 25.7. The van der Waals surface area contributed by atoms with Crippen molar-refractivity contribution in [2.75, 3.05) is 13.2 Å². The van der Waals surface area contributed by atoms with E-state index in [9.17, 15) is 19.2 Å². The molecule has 0 fully saturated rings. The van der Waals surface area contributed by atoms with Crippen molar-refractivity contribution in [2.24, 2.45) is 5.73 Å². The van der Waals surface area contributed by atoms with Gasteiger partial charge < -0.3 is 34.2 Å². The van der Waals surface area contributed by atoms with Crippen LogP contribution in [0.3, 0.4) is 0 Å². The Morgan fingerprint density at radius 3 is 1.97 bits per heavy atom. The minimum Gasteiger partial charge on any atom is -0.459 e. The van der Waals surface area contributed by atoms with Gasteiger partial charge in [-0.2, -0.15) is 0 Å². The van der Waals surface area contributed by atoms with Crippen molar-refractivity contribution in [2.45, 2.75) is 72.1 Å². The number of carbonyl (C=O) groups excluding carboxylic acids is 4. The van der Waals surface area contributed by atoms with Crippen LogP contribution in [-0.4, -0.2) is 55.7 Å². The molecule has 2 N–H and O–H groups in total. The van der Waals surface area contributed by atoms with Gasteiger partial charge in [0.15, 0.2) is 11.5 Å². The number of ether oxygens (including phenoxy) is 6. The number of rotatable bonds is 12. The summed E-state index contributed by atoms with van der Waals surface area (Å²) in [6.45, 7) is 8.46. The van der Waals surface area contributed by atoms with E-state index in [1.54, 1.807) is 27.7 Å². The topological polar surface area (TPSA) is 150 Å². The van der Waals surface area contributed by atoms with E-state index >= 15 is 0 Å². The Bertz CT molecular complexity index is 841. The van der Waals surface area contributed by atoms with Crippen molar-refractivity contribution in [3.05, 3.63) is 23.8 Å². The second-order valence-electron chi connectivity index (χ2n) is 7.25. The van der Waals surface area contributed by atoms with E-state index in [2.05, 4.69) is 0 Å². The molecule has 3 atom stereocenters. The molecule has 11 heteroatoms. The van der Waals surface area contributed by atoms with Gasteiger partial charge >= 0.3 is 24.2 Å². The van der Waals surface area contributed by atoms with Crippen LogP contribution in [0.4, 0.5) is 9.59 Å². The first-order valence-electron chi connectivity index (χ1n) is 11.1. The minimum absolute atomic E-state index is 0.0223. The second-order valence-corrected chi connectivity index (χ2v) is 7.25. The lowest BCUT2D eigenvalue weighted by molar-refractivity contribution is -0.166. The summed E-state index contributed by atoms with van der Waals surface area (Å²) < 4.78 is 30.2. The van der Waals surface area contributed by atoms with Gasteiger partial charge in [-0.05, 0) is 58.2 Å². The van der Waals surface area contributed by atoms with Gasteiger partial charge in [0.1, 0.15) is 18.2 Å². The fraction of sp³-hybridized carbons (Fsp3) is 0.565. The Morgan fingerprint density at radius 2 is 1.41 bits per heavy atom. The van der Waals surface area contributed by atoms with Gasteiger partial charge in [-0.3, -0.25) is 9.59 Å². The zero-order valence-corrected chi connectivity index (χ0v) is 20.2. The van der Waals surface area contributed by atoms with Crippen molar-refractivity contribution in [1.29, 1.82) is 0 Å². The number of nitrogens with two attached hydrogens (primary N) is 1. The first kappa shape index (κ1) is 28.7. The van der Waals surface area contributed by atoms with E-state index in [1.807, 2.05) is 6.92 Å². The monoisotopic (exact) mass is 483 g/mol. The third kappa shape index (κ3) is 10.1. The molecule has 0 radical (unpaired) electrons. The predicted octanol–water partition coefficient (Wildman–Crippen LogP) is 3.29. The minimum atomic E-state index is -1.06. The van der Waals surface area contributed by atoms with Crippen molar-refractivity contribution < 1.29 is 47.6 Å². The first-order chi connectivity index (χ1) is 16.1. The average molecular weight is 484 g/mol. The lowest BCUT2D eigenvalue weighted by Crippen LogP contribution is -2.39. The summed E-state index contributed by atoms with van der Waals surface area (Å²) in [5.41, 5.74) is 6.48. The molecule has 1 aromatic carbocycles. The molecule has 11 nitrogen and oxygen atoms in total. The summed E-state index contributed by atoms with van der Waals surface area (Å²) in [4.78, 5) is 47.5. The smallest absolute Gasteiger partial charge is 0.459 e. The zero-order valence-electron chi connectivity index (χ0n) is 20.2. The Morgan fingerprint density at radius 1 is 0.853 bits per heavy atom. The molecular weight excluding hydrogens is 450 g/mol. The Labute approximate surface area is 198 Å². The van der Waals surface area contributed by atoms with E-state index < -0.39 is 36.5 Å². The molecule has 0 saturated heterocycles. The third-order valence-corrected chi connectivity index (χ3v) is 4.41. The number of esters is 2. The highest BCUT2D eigenvalue weighted by molar-refractivity contribution is 5.76. The lowest BCUT2D eigenvalue weighted by Gasteiger charge is -2.22. The number of hydrogen-bond donors (Lipinski definition) is 1. The van der Waals surface area contributed by atoms with Gasteiger partial charge in [0, 0.05) is 6.42 Å². The molecule has 0 aliphatic heterocycles. The van der Waals surface area contributed by atoms with Gasteiger partial charge in [0.25, 0.3) is 0 Å². The molecule has 0 heterocycles. The summed E-state index contributed by atoms with van der Waals surface area (Å²) in [6, 6.07) is 3.24. The number of carbonyl (C=O) groups is 4. The Hall–Kier alpha value is -3.34. The van der Waals surface area contributed by atoms with Crippen LogP contribution in [0.25, 0.3) is 0 Å². The molecule has 1 aromatic rings. The third-order valence-electron chi connectivity index (χ3n) is 4.41. The van der Waals surface area contributed by atoms with E-state index in [1.165, 1.54) is 18.2 Å². The van der Waals surface area contributed by atoms with Gasteiger partial charge in [0.2, 0.25) is 0 Å². The number of hydrogen-bond acceptors (Lipinski definition) is 11. The SMILES string of the molecule is CCCC(=O)O[C@@H](C)[C@H](C)OC(=O)[C@@H](N)Cc1ccc(OC(=O)OCC)c(OC(=O)OCC)c1. The summed E-state index contributed by atoms with van der Waals surface area (Å²) in [7, 11) is 0. The fourth-order valence-corrected chi connectivity index (χ4v) is 2.59. The Kier molecular flexibility index (Phi) is 12.4. The molecule has 0 spiro atoms. The van der Waals surface area contributed by atoms with Crippen LogP contribution < -0.4 is 15.2 Å². The highest BCUT2D eigenvalue weighted by Gasteiger charge is 2.25. The normalized spacial score (nSPS) is 13.1. The maximum atomic E-state index is 12.4. The Balaban J connectivity index is 2.87. The molecule has 0 amide bonds. The molecule has 0 saturated carbocycles. The summed E-state index contributed by atoms with van der Waals surface area (Å²) in [5.74, 6) is -1.27. The van der Waals surface area contributed by atoms with Crippen molar-refractivity contribution >= 4 is 24.2 Å². The molecule has 0 unspecified atom stereocenters. The van der Waals surface area contributed by atoms with Crippen molar-refractivity contribution in [3.63, 3.8) is 0 Å². The van der Waals surface area contributed by atoms with E-state index in [-0.39, 0.29) is 43.5 Å². The number of benzene rings is 1. The predicted molar refractivity (Wildman–Crippen MR) is 119 cm³/mol. The van der Waals surface area contributed by atoms with Crippen LogP contribution in [0.15, 0.2) is 18.2 Å². The molecule has 34 heavy (non-hydrogen) atoms. The van der Waals surface area contributed by atoms with Gasteiger partial charge in [-0.15, -0.1) is 0 Å². The molecule has 0 aliphatic rings.